The molecule has 0 bridgehead atoms. The van der Waals surface area contributed by atoms with E-state index in [2.05, 4.69) is 27.7 Å². The minimum Gasteiger partial charge on any atom is -0.469 e. The minimum absolute atomic E-state index is 0.0327. The molecule has 108 valence electrons. The van der Waals surface area contributed by atoms with Gasteiger partial charge in [-0.1, -0.05) is 47.5 Å². The summed E-state index contributed by atoms with van der Waals surface area (Å²) in [7, 11) is 1.47. The number of methoxy groups -OCH3 is 1. The maximum atomic E-state index is 11.4. The molecule has 0 aliphatic carbocycles. The molecule has 2 nitrogen and oxygen atoms in total. The van der Waals surface area contributed by atoms with Crippen LogP contribution in [0.15, 0.2) is 0 Å². The molecule has 0 aromatic carbocycles. The summed E-state index contributed by atoms with van der Waals surface area (Å²) in [5.74, 6) is 2.14. The van der Waals surface area contributed by atoms with Crippen molar-refractivity contribution in [3.05, 3.63) is 0 Å². The zero-order valence-electron chi connectivity index (χ0n) is 13.2. The van der Waals surface area contributed by atoms with Crippen LogP contribution in [0, 0.1) is 23.7 Å². The van der Waals surface area contributed by atoms with Crippen LogP contribution in [-0.2, 0) is 9.53 Å². The van der Waals surface area contributed by atoms with Crippen LogP contribution in [0.3, 0.4) is 0 Å². The van der Waals surface area contributed by atoms with E-state index in [0.717, 1.165) is 18.3 Å². The van der Waals surface area contributed by atoms with Gasteiger partial charge in [0.25, 0.3) is 0 Å². The first kappa shape index (κ1) is 17.5. The van der Waals surface area contributed by atoms with Crippen LogP contribution in [0.1, 0.15) is 66.7 Å². The molecule has 1 unspecified atom stereocenters. The molecule has 2 heteroatoms. The highest BCUT2D eigenvalue weighted by molar-refractivity contribution is 5.71. The lowest BCUT2D eigenvalue weighted by Gasteiger charge is -2.22. The summed E-state index contributed by atoms with van der Waals surface area (Å²) in [6.07, 6.45) is 6.08. The Labute approximate surface area is 113 Å². The van der Waals surface area contributed by atoms with Crippen LogP contribution >= 0.6 is 0 Å². The van der Waals surface area contributed by atoms with Crippen molar-refractivity contribution in [2.45, 2.75) is 66.7 Å². The second-order valence-electron chi connectivity index (χ2n) is 6.24. The molecule has 0 fully saturated rings. The van der Waals surface area contributed by atoms with Gasteiger partial charge in [0.05, 0.1) is 13.0 Å². The van der Waals surface area contributed by atoms with Crippen LogP contribution in [-0.4, -0.2) is 13.1 Å². The Kier molecular flexibility index (Phi) is 9.13. The zero-order valence-corrected chi connectivity index (χ0v) is 13.2. The Hall–Kier alpha value is -0.530. The number of carbonyl (C=O) groups excluding carboxylic acids is 1. The summed E-state index contributed by atoms with van der Waals surface area (Å²) in [6.45, 7) is 11.2. The third kappa shape index (κ3) is 7.73. The highest BCUT2D eigenvalue weighted by Gasteiger charge is 2.19. The average Bonchev–Trinajstić information content (AvgIpc) is 2.27. The van der Waals surface area contributed by atoms with Crippen molar-refractivity contribution in [3.63, 3.8) is 0 Å². The van der Waals surface area contributed by atoms with E-state index in [1.807, 2.05) is 6.92 Å². The van der Waals surface area contributed by atoms with Crippen molar-refractivity contribution < 1.29 is 9.53 Å². The Balaban J connectivity index is 3.92. The van der Waals surface area contributed by atoms with Crippen LogP contribution in [0.2, 0.25) is 0 Å². The van der Waals surface area contributed by atoms with E-state index in [0.29, 0.717) is 5.92 Å². The highest BCUT2D eigenvalue weighted by Crippen LogP contribution is 2.25. The SMILES string of the molecule is CCC[C@H](C)C[C@H](C)C[C@H](C)CC(C)C(=O)OC. The molecule has 0 aliphatic rings. The minimum atomic E-state index is -0.0751. The lowest BCUT2D eigenvalue weighted by atomic mass is 9.84. The van der Waals surface area contributed by atoms with E-state index >= 15 is 0 Å². The van der Waals surface area contributed by atoms with Gasteiger partial charge in [-0.3, -0.25) is 4.79 Å². The first-order chi connectivity index (χ1) is 8.40. The Morgan fingerprint density at radius 2 is 1.44 bits per heavy atom. The fourth-order valence-corrected chi connectivity index (χ4v) is 3.08. The first-order valence-corrected chi connectivity index (χ1v) is 7.48. The molecule has 0 radical (unpaired) electrons. The lowest BCUT2D eigenvalue weighted by Crippen LogP contribution is -2.17. The number of hydrogen-bond acceptors (Lipinski definition) is 2. The normalized spacial score (nSPS) is 17.9. The van der Waals surface area contributed by atoms with Gasteiger partial charge in [-0.25, -0.2) is 0 Å². The Bertz CT molecular complexity index is 225. The molecule has 0 amide bonds. The third-order valence-electron chi connectivity index (χ3n) is 3.75. The predicted molar refractivity (Wildman–Crippen MR) is 77.4 cm³/mol. The van der Waals surface area contributed by atoms with Crippen LogP contribution in [0.25, 0.3) is 0 Å². The van der Waals surface area contributed by atoms with E-state index in [1.54, 1.807) is 0 Å². The lowest BCUT2D eigenvalue weighted by molar-refractivity contribution is -0.145. The van der Waals surface area contributed by atoms with Crippen molar-refractivity contribution in [2.24, 2.45) is 23.7 Å². The molecular formula is C16H32O2. The fourth-order valence-electron chi connectivity index (χ4n) is 3.08. The van der Waals surface area contributed by atoms with Gasteiger partial charge in [0.1, 0.15) is 0 Å². The van der Waals surface area contributed by atoms with Crippen molar-refractivity contribution in [2.75, 3.05) is 7.11 Å². The summed E-state index contributed by atoms with van der Waals surface area (Å²) in [5, 5.41) is 0. The average molecular weight is 256 g/mol. The standard InChI is InChI=1S/C16H32O2/c1-7-8-12(2)9-13(3)10-14(4)11-15(5)16(17)18-6/h12-15H,7-11H2,1-6H3/t12-,13-,14-,15?/m0/s1. The van der Waals surface area contributed by atoms with E-state index in [-0.39, 0.29) is 11.9 Å². The molecule has 0 aromatic rings. The van der Waals surface area contributed by atoms with Gasteiger partial charge in [-0.2, -0.15) is 0 Å². The topological polar surface area (TPSA) is 26.3 Å². The number of carbonyl (C=O) groups is 1. The summed E-state index contributed by atoms with van der Waals surface area (Å²) < 4.78 is 4.78. The van der Waals surface area contributed by atoms with Gasteiger partial charge in [0.15, 0.2) is 0 Å². The number of ether oxygens (including phenoxy) is 1. The van der Waals surface area contributed by atoms with E-state index in [4.69, 9.17) is 4.74 Å². The Morgan fingerprint density at radius 1 is 0.944 bits per heavy atom. The summed E-state index contributed by atoms with van der Waals surface area (Å²) >= 11 is 0. The summed E-state index contributed by atoms with van der Waals surface area (Å²) in [6, 6.07) is 0. The van der Waals surface area contributed by atoms with Crippen molar-refractivity contribution in [1.29, 1.82) is 0 Å². The zero-order chi connectivity index (χ0) is 14.1. The monoisotopic (exact) mass is 256 g/mol. The van der Waals surface area contributed by atoms with E-state index in [1.165, 1.54) is 32.8 Å². The van der Waals surface area contributed by atoms with Gasteiger partial charge in [-0.15, -0.1) is 0 Å². The summed E-state index contributed by atoms with van der Waals surface area (Å²) in [4.78, 5) is 11.4. The molecule has 0 aromatic heterocycles. The van der Waals surface area contributed by atoms with Gasteiger partial charge < -0.3 is 4.74 Å². The third-order valence-corrected chi connectivity index (χ3v) is 3.75. The molecule has 0 aliphatic heterocycles. The van der Waals surface area contributed by atoms with Crippen molar-refractivity contribution in [1.82, 2.24) is 0 Å². The molecule has 4 atom stereocenters. The van der Waals surface area contributed by atoms with E-state index < -0.39 is 0 Å². The van der Waals surface area contributed by atoms with Crippen LogP contribution in [0.5, 0.6) is 0 Å². The smallest absolute Gasteiger partial charge is 0.308 e. The van der Waals surface area contributed by atoms with Crippen molar-refractivity contribution in [3.8, 4) is 0 Å². The second-order valence-corrected chi connectivity index (χ2v) is 6.24. The number of esters is 1. The maximum Gasteiger partial charge on any atom is 0.308 e. The van der Waals surface area contributed by atoms with E-state index in [9.17, 15) is 4.79 Å². The van der Waals surface area contributed by atoms with Gasteiger partial charge >= 0.3 is 5.97 Å². The fraction of sp³-hybridized carbons (Fsp3) is 0.938. The van der Waals surface area contributed by atoms with Crippen LogP contribution < -0.4 is 0 Å². The molecule has 0 saturated heterocycles. The van der Waals surface area contributed by atoms with Crippen molar-refractivity contribution >= 4 is 5.97 Å². The molecule has 18 heavy (non-hydrogen) atoms. The Morgan fingerprint density at radius 3 is 1.94 bits per heavy atom. The molecule has 0 spiro atoms. The molecule has 0 N–H and O–H groups in total. The van der Waals surface area contributed by atoms with Gasteiger partial charge in [0.2, 0.25) is 0 Å². The molecule has 0 rings (SSSR count). The number of rotatable bonds is 9. The maximum absolute atomic E-state index is 11.4. The van der Waals surface area contributed by atoms with Crippen LogP contribution in [0.4, 0.5) is 0 Å². The predicted octanol–water partition coefficient (Wildman–Crippen LogP) is 4.67. The van der Waals surface area contributed by atoms with Gasteiger partial charge in [0, 0.05) is 0 Å². The molecule has 0 saturated carbocycles. The molecule has 0 heterocycles. The number of hydrogen-bond donors (Lipinski definition) is 0. The second kappa shape index (κ2) is 9.41. The quantitative estimate of drug-likeness (QED) is 0.560. The molecular weight excluding hydrogens is 224 g/mol. The summed E-state index contributed by atoms with van der Waals surface area (Å²) in [5.41, 5.74) is 0. The first-order valence-electron chi connectivity index (χ1n) is 7.48. The largest absolute Gasteiger partial charge is 0.469 e. The van der Waals surface area contributed by atoms with Gasteiger partial charge in [-0.05, 0) is 37.0 Å². The highest BCUT2D eigenvalue weighted by atomic mass is 16.5.